The Balaban J connectivity index is 1.67. The van der Waals surface area contributed by atoms with Crippen LogP contribution in [-0.4, -0.2) is 44.7 Å². The molecule has 2 aromatic rings. The number of aromatic nitrogens is 4. The first-order valence-electron chi connectivity index (χ1n) is 6.97. The van der Waals surface area contributed by atoms with Crippen LogP contribution in [0.2, 0.25) is 0 Å². The third-order valence-corrected chi connectivity index (χ3v) is 3.64. The summed E-state index contributed by atoms with van der Waals surface area (Å²) in [6.07, 6.45) is 4.01. The fourth-order valence-electron chi connectivity index (χ4n) is 2.57. The third kappa shape index (κ3) is 2.98. The van der Waals surface area contributed by atoms with Gasteiger partial charge < -0.3 is 4.90 Å². The Bertz CT molecular complexity index is 502. The van der Waals surface area contributed by atoms with Crippen molar-refractivity contribution in [2.24, 2.45) is 0 Å². The highest BCUT2D eigenvalue weighted by atomic mass is 15.5. The summed E-state index contributed by atoms with van der Waals surface area (Å²) in [6.45, 7) is 4.31. The molecule has 0 bridgehead atoms. The van der Waals surface area contributed by atoms with E-state index in [1.54, 1.807) is 0 Å². The van der Waals surface area contributed by atoms with Crippen molar-refractivity contribution in [1.82, 2.24) is 25.1 Å². The highest BCUT2D eigenvalue weighted by molar-refractivity contribution is 5.53. The van der Waals surface area contributed by atoms with E-state index >= 15 is 0 Å². The first-order valence-corrected chi connectivity index (χ1v) is 6.97. The lowest BCUT2D eigenvalue weighted by atomic mass is 10.1. The molecule has 3 rings (SSSR count). The van der Waals surface area contributed by atoms with Crippen molar-refractivity contribution < 1.29 is 0 Å². The van der Waals surface area contributed by atoms with Crippen LogP contribution in [0.3, 0.4) is 0 Å². The van der Waals surface area contributed by atoms with Crippen molar-refractivity contribution in [2.45, 2.75) is 25.8 Å². The average molecular weight is 257 g/mol. The van der Waals surface area contributed by atoms with Crippen LogP contribution in [0.15, 0.2) is 30.3 Å². The van der Waals surface area contributed by atoms with Gasteiger partial charge in [0.25, 0.3) is 0 Å². The predicted molar refractivity (Wildman–Crippen MR) is 73.5 cm³/mol. The molecule has 1 aromatic carbocycles. The Morgan fingerprint density at radius 3 is 2.53 bits per heavy atom. The lowest BCUT2D eigenvalue weighted by Crippen LogP contribution is -2.32. The fraction of sp³-hybridized carbons (Fsp3) is 0.500. The Kier molecular flexibility index (Phi) is 3.83. The Hall–Kier alpha value is -1.75. The van der Waals surface area contributed by atoms with Gasteiger partial charge in [0.05, 0.1) is 6.54 Å². The maximum Gasteiger partial charge on any atom is 0.182 e. The van der Waals surface area contributed by atoms with Gasteiger partial charge in [-0.05, 0) is 36.4 Å². The van der Waals surface area contributed by atoms with Crippen LogP contribution in [0.4, 0.5) is 0 Å². The Morgan fingerprint density at radius 1 is 0.947 bits per heavy atom. The summed E-state index contributed by atoms with van der Waals surface area (Å²) < 4.78 is 1.91. The first kappa shape index (κ1) is 12.3. The zero-order chi connectivity index (χ0) is 12.9. The van der Waals surface area contributed by atoms with Crippen molar-refractivity contribution in [3.05, 3.63) is 30.3 Å². The van der Waals surface area contributed by atoms with Crippen molar-refractivity contribution >= 4 is 0 Å². The summed E-state index contributed by atoms with van der Waals surface area (Å²) in [5.74, 6) is 0.859. The molecule has 1 fully saturated rings. The average Bonchev–Trinajstić information content (AvgIpc) is 2.95. The van der Waals surface area contributed by atoms with Gasteiger partial charge in [0.1, 0.15) is 0 Å². The lowest BCUT2D eigenvalue weighted by Gasteiger charge is -2.26. The van der Waals surface area contributed by atoms with Gasteiger partial charge in [-0.2, -0.15) is 0 Å². The number of nitrogens with zero attached hydrogens (tertiary/aromatic N) is 5. The zero-order valence-electron chi connectivity index (χ0n) is 11.1. The van der Waals surface area contributed by atoms with Crippen LogP contribution in [0.25, 0.3) is 11.4 Å². The largest absolute Gasteiger partial charge is 0.301 e. The van der Waals surface area contributed by atoms with E-state index in [-0.39, 0.29) is 0 Å². The second kappa shape index (κ2) is 5.93. The van der Waals surface area contributed by atoms with Crippen molar-refractivity contribution in [3.8, 4) is 11.4 Å². The van der Waals surface area contributed by atoms with Crippen LogP contribution < -0.4 is 0 Å². The number of hydrogen-bond acceptors (Lipinski definition) is 4. The molecule has 5 heteroatoms. The van der Waals surface area contributed by atoms with Crippen molar-refractivity contribution in [1.29, 1.82) is 0 Å². The Morgan fingerprint density at radius 2 is 1.74 bits per heavy atom. The van der Waals surface area contributed by atoms with Gasteiger partial charge in [-0.15, -0.1) is 5.10 Å². The molecule has 1 aliphatic rings. The second-order valence-electron chi connectivity index (χ2n) is 4.99. The monoisotopic (exact) mass is 257 g/mol. The van der Waals surface area contributed by atoms with Gasteiger partial charge in [-0.3, -0.25) is 0 Å². The van der Waals surface area contributed by atoms with E-state index in [4.69, 9.17) is 0 Å². The molecule has 1 saturated heterocycles. The first-order chi connectivity index (χ1) is 9.43. The highest BCUT2D eigenvalue weighted by Crippen LogP contribution is 2.15. The van der Waals surface area contributed by atoms with Crippen molar-refractivity contribution in [3.63, 3.8) is 0 Å². The van der Waals surface area contributed by atoms with Crippen LogP contribution in [-0.2, 0) is 6.54 Å². The van der Waals surface area contributed by atoms with Crippen molar-refractivity contribution in [2.75, 3.05) is 19.6 Å². The van der Waals surface area contributed by atoms with E-state index in [2.05, 4.69) is 20.4 Å². The minimum atomic E-state index is 0.858. The number of likely N-dealkylation sites (tertiary alicyclic amines) is 1. The molecule has 1 aromatic heterocycles. The molecule has 1 aliphatic heterocycles. The molecule has 2 heterocycles. The molecule has 0 amide bonds. The molecular formula is C14H19N5. The second-order valence-corrected chi connectivity index (χ2v) is 4.99. The highest BCUT2D eigenvalue weighted by Gasteiger charge is 2.12. The van der Waals surface area contributed by atoms with E-state index in [9.17, 15) is 0 Å². The topological polar surface area (TPSA) is 46.8 Å². The summed E-state index contributed by atoms with van der Waals surface area (Å²) in [6, 6.07) is 10.1. The van der Waals surface area contributed by atoms with Gasteiger partial charge in [0.15, 0.2) is 5.82 Å². The van der Waals surface area contributed by atoms with Gasteiger partial charge in [0.2, 0.25) is 0 Å². The number of rotatable bonds is 4. The molecule has 0 spiro atoms. The standard InChI is InChI=1S/C14H19N5/c1-3-7-13(8-4-1)14-15-16-17-19(14)12-11-18-9-5-2-6-10-18/h1,3-4,7-8H,2,5-6,9-12H2. The van der Waals surface area contributed by atoms with Crippen LogP contribution in [0.5, 0.6) is 0 Å². The summed E-state index contributed by atoms with van der Waals surface area (Å²) >= 11 is 0. The number of hydrogen-bond donors (Lipinski definition) is 0. The van der Waals surface area contributed by atoms with E-state index in [1.165, 1.54) is 32.4 Å². The predicted octanol–water partition coefficient (Wildman–Crippen LogP) is 1.83. The van der Waals surface area contributed by atoms with E-state index in [0.717, 1.165) is 24.5 Å². The molecular weight excluding hydrogens is 238 g/mol. The lowest BCUT2D eigenvalue weighted by molar-refractivity contribution is 0.217. The maximum atomic E-state index is 4.13. The maximum absolute atomic E-state index is 4.13. The normalized spacial score (nSPS) is 16.6. The zero-order valence-corrected chi connectivity index (χ0v) is 11.1. The van der Waals surface area contributed by atoms with Gasteiger partial charge in [0, 0.05) is 12.1 Å². The molecule has 0 atom stereocenters. The fourth-order valence-corrected chi connectivity index (χ4v) is 2.57. The van der Waals surface area contributed by atoms with E-state index < -0.39 is 0 Å². The smallest absolute Gasteiger partial charge is 0.182 e. The molecule has 0 unspecified atom stereocenters. The van der Waals surface area contributed by atoms with Crippen LogP contribution >= 0.6 is 0 Å². The number of benzene rings is 1. The Labute approximate surface area is 113 Å². The molecule has 19 heavy (non-hydrogen) atoms. The summed E-state index contributed by atoms with van der Waals surface area (Å²) in [7, 11) is 0. The van der Waals surface area contributed by atoms with E-state index in [1.807, 2.05) is 35.0 Å². The van der Waals surface area contributed by atoms with Gasteiger partial charge >= 0.3 is 0 Å². The van der Waals surface area contributed by atoms with Crippen LogP contribution in [0.1, 0.15) is 19.3 Å². The summed E-state index contributed by atoms with van der Waals surface area (Å²) in [4.78, 5) is 2.50. The van der Waals surface area contributed by atoms with Gasteiger partial charge in [-0.1, -0.05) is 36.8 Å². The molecule has 5 nitrogen and oxygen atoms in total. The molecule has 0 saturated carbocycles. The summed E-state index contributed by atoms with van der Waals surface area (Å²) in [5.41, 5.74) is 1.08. The third-order valence-electron chi connectivity index (χ3n) is 3.64. The minimum Gasteiger partial charge on any atom is -0.301 e. The van der Waals surface area contributed by atoms with Crippen LogP contribution in [0, 0.1) is 0 Å². The number of tetrazole rings is 1. The molecule has 0 radical (unpaired) electrons. The minimum absolute atomic E-state index is 0.858. The molecule has 100 valence electrons. The summed E-state index contributed by atoms with van der Waals surface area (Å²) in [5, 5.41) is 12.0. The molecule has 0 N–H and O–H groups in total. The number of piperidine rings is 1. The van der Waals surface area contributed by atoms with Gasteiger partial charge in [-0.25, -0.2) is 4.68 Å². The quantitative estimate of drug-likeness (QED) is 0.838. The SMILES string of the molecule is c1ccc(-c2nnnn2CCN2CCCCC2)cc1. The molecule has 0 aliphatic carbocycles. The van der Waals surface area contributed by atoms with E-state index in [0.29, 0.717) is 0 Å².